The van der Waals surface area contributed by atoms with E-state index in [1.807, 2.05) is 30.3 Å². The lowest BCUT2D eigenvalue weighted by Crippen LogP contribution is -2.27. The third-order valence-corrected chi connectivity index (χ3v) is 4.46. The second-order valence-electron chi connectivity index (χ2n) is 6.57. The quantitative estimate of drug-likeness (QED) is 0.515. The predicted octanol–water partition coefficient (Wildman–Crippen LogP) is 2.40. The Morgan fingerprint density at radius 2 is 1.87 bits per heavy atom. The molecule has 8 heteroatoms. The first-order valence-corrected chi connectivity index (χ1v) is 9.26. The highest BCUT2D eigenvalue weighted by molar-refractivity contribution is 6.00. The molecule has 0 spiro atoms. The van der Waals surface area contributed by atoms with Crippen molar-refractivity contribution in [2.24, 2.45) is 0 Å². The van der Waals surface area contributed by atoms with E-state index in [9.17, 15) is 14.4 Å². The molecule has 4 aromatic rings. The zero-order valence-electron chi connectivity index (χ0n) is 15.9. The molecule has 8 nitrogen and oxygen atoms in total. The summed E-state index contributed by atoms with van der Waals surface area (Å²) in [4.78, 5) is 41.9. The van der Waals surface area contributed by atoms with Crippen molar-refractivity contribution in [1.82, 2.24) is 14.7 Å². The van der Waals surface area contributed by atoms with E-state index in [2.05, 4.69) is 15.6 Å². The second-order valence-corrected chi connectivity index (χ2v) is 6.57. The van der Waals surface area contributed by atoms with Crippen LogP contribution < -0.4 is 16.2 Å². The fraction of sp³-hybridized carbons (Fsp3) is 0.0909. The zero-order chi connectivity index (χ0) is 20.9. The van der Waals surface area contributed by atoms with E-state index < -0.39 is 11.5 Å². The molecule has 0 aliphatic rings. The zero-order valence-corrected chi connectivity index (χ0v) is 15.9. The number of nitrogens with one attached hydrogen (secondary N) is 2. The number of fused-ring (bicyclic) bond motifs is 1. The SMILES string of the molecule is O=C(Cc1ccccc1)Nc1cnc2c(C(=O)NCc3ccco3)cccn2c1=O. The number of amides is 2. The molecule has 0 aliphatic carbocycles. The predicted molar refractivity (Wildman–Crippen MR) is 110 cm³/mol. The van der Waals surface area contributed by atoms with Crippen LogP contribution in [0.5, 0.6) is 0 Å². The number of hydrogen-bond acceptors (Lipinski definition) is 5. The molecule has 0 saturated heterocycles. The van der Waals surface area contributed by atoms with E-state index in [4.69, 9.17) is 4.42 Å². The van der Waals surface area contributed by atoms with Gasteiger partial charge in [0.05, 0.1) is 31.0 Å². The first-order valence-electron chi connectivity index (χ1n) is 9.26. The number of hydrogen-bond donors (Lipinski definition) is 2. The Labute approximate surface area is 171 Å². The van der Waals surface area contributed by atoms with Crippen LogP contribution in [-0.2, 0) is 17.8 Å². The Morgan fingerprint density at radius 3 is 2.63 bits per heavy atom. The Hall–Kier alpha value is -4.20. The van der Waals surface area contributed by atoms with Crippen LogP contribution in [0.15, 0.2) is 82.5 Å². The van der Waals surface area contributed by atoms with Crippen LogP contribution in [0.2, 0.25) is 0 Å². The number of aromatic nitrogens is 2. The van der Waals surface area contributed by atoms with Crippen molar-refractivity contribution in [2.75, 3.05) is 5.32 Å². The van der Waals surface area contributed by atoms with Gasteiger partial charge in [-0.25, -0.2) is 4.98 Å². The molecule has 0 aliphatic heterocycles. The molecule has 150 valence electrons. The van der Waals surface area contributed by atoms with Crippen molar-refractivity contribution in [3.8, 4) is 0 Å². The van der Waals surface area contributed by atoms with Gasteiger partial charge in [-0.2, -0.15) is 0 Å². The fourth-order valence-electron chi connectivity index (χ4n) is 3.02. The number of benzene rings is 1. The van der Waals surface area contributed by atoms with E-state index in [1.165, 1.54) is 23.1 Å². The smallest absolute Gasteiger partial charge is 0.281 e. The molecule has 0 atom stereocenters. The van der Waals surface area contributed by atoms with E-state index >= 15 is 0 Å². The van der Waals surface area contributed by atoms with Crippen molar-refractivity contribution >= 4 is 23.1 Å². The summed E-state index contributed by atoms with van der Waals surface area (Å²) in [5, 5.41) is 5.32. The number of furan rings is 1. The first-order chi connectivity index (χ1) is 14.6. The van der Waals surface area contributed by atoms with Crippen LogP contribution in [0.1, 0.15) is 21.7 Å². The fourth-order valence-corrected chi connectivity index (χ4v) is 3.02. The highest BCUT2D eigenvalue weighted by Crippen LogP contribution is 2.10. The summed E-state index contributed by atoms with van der Waals surface area (Å²) in [7, 11) is 0. The highest BCUT2D eigenvalue weighted by atomic mass is 16.3. The summed E-state index contributed by atoms with van der Waals surface area (Å²) >= 11 is 0. The average molecular weight is 402 g/mol. The van der Waals surface area contributed by atoms with Gasteiger partial charge in [0.2, 0.25) is 5.91 Å². The third kappa shape index (κ3) is 4.12. The van der Waals surface area contributed by atoms with Gasteiger partial charge in [0.15, 0.2) is 5.65 Å². The minimum atomic E-state index is -0.470. The number of carbonyl (C=O) groups is 2. The monoisotopic (exact) mass is 402 g/mol. The van der Waals surface area contributed by atoms with Crippen LogP contribution in [0.25, 0.3) is 5.65 Å². The van der Waals surface area contributed by atoms with Crippen LogP contribution in [-0.4, -0.2) is 21.2 Å². The van der Waals surface area contributed by atoms with E-state index in [0.717, 1.165) is 5.56 Å². The molecule has 2 N–H and O–H groups in total. The van der Waals surface area contributed by atoms with Crippen molar-refractivity contribution in [2.45, 2.75) is 13.0 Å². The summed E-state index contributed by atoms with van der Waals surface area (Å²) in [6.45, 7) is 0.213. The molecule has 4 rings (SSSR count). The Morgan fingerprint density at radius 1 is 1.03 bits per heavy atom. The maximum absolute atomic E-state index is 12.8. The first kappa shape index (κ1) is 19.1. The normalized spacial score (nSPS) is 10.7. The maximum Gasteiger partial charge on any atom is 0.281 e. The molecule has 0 radical (unpaired) electrons. The van der Waals surface area contributed by atoms with Crippen LogP contribution in [0.4, 0.5) is 5.69 Å². The molecule has 30 heavy (non-hydrogen) atoms. The highest BCUT2D eigenvalue weighted by Gasteiger charge is 2.15. The number of carbonyl (C=O) groups excluding carboxylic acids is 2. The maximum atomic E-state index is 12.8. The minimum absolute atomic E-state index is 0.0431. The summed E-state index contributed by atoms with van der Waals surface area (Å²) in [6, 6.07) is 15.8. The molecule has 0 bridgehead atoms. The minimum Gasteiger partial charge on any atom is -0.467 e. The van der Waals surface area contributed by atoms with Gasteiger partial charge >= 0.3 is 0 Å². The Bertz CT molecular complexity index is 1250. The van der Waals surface area contributed by atoms with Gasteiger partial charge < -0.3 is 15.1 Å². The third-order valence-electron chi connectivity index (χ3n) is 4.46. The van der Waals surface area contributed by atoms with Gasteiger partial charge in [-0.15, -0.1) is 0 Å². The molecule has 3 aromatic heterocycles. The van der Waals surface area contributed by atoms with Gasteiger partial charge in [0.25, 0.3) is 11.5 Å². The largest absolute Gasteiger partial charge is 0.467 e. The summed E-state index contributed by atoms with van der Waals surface area (Å²) in [6.07, 6.45) is 4.43. The second kappa shape index (κ2) is 8.44. The van der Waals surface area contributed by atoms with Crippen molar-refractivity contribution in [3.05, 3.63) is 100 Å². The van der Waals surface area contributed by atoms with Crippen molar-refractivity contribution < 1.29 is 14.0 Å². The van der Waals surface area contributed by atoms with Gasteiger partial charge in [0.1, 0.15) is 11.4 Å². The van der Waals surface area contributed by atoms with Crippen molar-refractivity contribution in [3.63, 3.8) is 0 Å². The lowest BCUT2D eigenvalue weighted by molar-refractivity contribution is -0.115. The van der Waals surface area contributed by atoms with Gasteiger partial charge in [-0.3, -0.25) is 18.8 Å². The van der Waals surface area contributed by atoms with Gasteiger partial charge in [-0.1, -0.05) is 30.3 Å². The number of pyridine rings is 1. The molecule has 3 heterocycles. The molecular weight excluding hydrogens is 384 g/mol. The average Bonchev–Trinajstić information content (AvgIpc) is 3.28. The summed E-state index contributed by atoms with van der Waals surface area (Å²) in [5.41, 5.74) is 0.840. The van der Waals surface area contributed by atoms with Crippen molar-refractivity contribution in [1.29, 1.82) is 0 Å². The van der Waals surface area contributed by atoms with E-state index in [-0.39, 0.29) is 35.8 Å². The molecule has 0 unspecified atom stereocenters. The van der Waals surface area contributed by atoms with E-state index in [0.29, 0.717) is 5.76 Å². The number of anilines is 1. The molecule has 0 saturated carbocycles. The van der Waals surface area contributed by atoms with Crippen LogP contribution in [0.3, 0.4) is 0 Å². The Balaban J connectivity index is 1.55. The molecular formula is C22H18N4O4. The summed E-state index contributed by atoms with van der Waals surface area (Å²) < 4.78 is 6.43. The van der Waals surface area contributed by atoms with E-state index in [1.54, 1.807) is 24.3 Å². The summed E-state index contributed by atoms with van der Waals surface area (Å²) in [5.74, 6) is -0.109. The Kier molecular flexibility index (Phi) is 5.38. The lowest BCUT2D eigenvalue weighted by atomic mass is 10.1. The van der Waals surface area contributed by atoms with Crippen LogP contribution >= 0.6 is 0 Å². The standard InChI is InChI=1S/C22H18N4O4/c27-19(12-15-6-2-1-3-7-15)25-18-14-23-20-17(9-4-10-26(20)22(18)29)21(28)24-13-16-8-5-11-30-16/h1-11,14H,12-13H2,(H,24,28)(H,25,27). The lowest BCUT2D eigenvalue weighted by Gasteiger charge is -2.09. The van der Waals surface area contributed by atoms with Gasteiger partial charge in [-0.05, 0) is 29.8 Å². The molecule has 1 aromatic carbocycles. The van der Waals surface area contributed by atoms with Crippen LogP contribution in [0, 0.1) is 0 Å². The van der Waals surface area contributed by atoms with Gasteiger partial charge in [0, 0.05) is 6.20 Å². The number of nitrogens with zero attached hydrogens (tertiary/aromatic N) is 2. The topological polar surface area (TPSA) is 106 Å². The number of rotatable bonds is 6. The molecule has 2 amide bonds. The molecule has 0 fully saturated rings.